The van der Waals surface area contributed by atoms with Gasteiger partial charge >= 0.3 is 6.03 Å². The highest BCUT2D eigenvalue weighted by Gasteiger charge is 2.36. The normalized spacial score (nSPS) is 20.1. The third-order valence-corrected chi connectivity index (χ3v) is 5.88. The molecular weight excluding hydrogens is 324 g/mol. The topological polar surface area (TPSA) is 75.9 Å². The molecule has 2 aromatic heterocycles. The van der Waals surface area contributed by atoms with Gasteiger partial charge in [-0.25, -0.2) is 19.4 Å². The van der Waals surface area contributed by atoms with Crippen molar-refractivity contribution in [3.8, 4) is 0 Å². The number of thiazole rings is 1. The molecule has 128 valence electrons. The van der Waals surface area contributed by atoms with Crippen LogP contribution in [0.1, 0.15) is 48.5 Å². The molecule has 0 bridgehead atoms. The number of nitrogens with one attached hydrogen (secondary N) is 1. The zero-order chi connectivity index (χ0) is 16.5. The van der Waals surface area contributed by atoms with E-state index in [-0.39, 0.29) is 12.1 Å². The fourth-order valence-corrected chi connectivity index (χ4v) is 4.23. The number of piperidine rings is 1. The lowest BCUT2D eigenvalue weighted by atomic mass is 10.1. The summed E-state index contributed by atoms with van der Waals surface area (Å²) in [5.41, 5.74) is 1.03. The minimum atomic E-state index is 0.0387. The number of aromatic nitrogens is 4. The maximum atomic E-state index is 12.7. The van der Waals surface area contributed by atoms with Crippen molar-refractivity contribution in [3.63, 3.8) is 0 Å². The first-order chi connectivity index (χ1) is 11.7. The second-order valence-corrected chi connectivity index (χ2v) is 7.58. The van der Waals surface area contributed by atoms with Crippen molar-refractivity contribution in [1.29, 1.82) is 0 Å². The molecule has 2 aromatic rings. The highest BCUT2D eigenvalue weighted by molar-refractivity contribution is 7.09. The first-order valence-electron chi connectivity index (χ1n) is 8.52. The molecule has 7 nitrogen and oxygen atoms in total. The van der Waals surface area contributed by atoms with Gasteiger partial charge in [0.05, 0.1) is 12.1 Å². The third kappa shape index (κ3) is 3.28. The number of hydrogen-bond donors (Lipinski definition) is 1. The van der Waals surface area contributed by atoms with Gasteiger partial charge in [0.15, 0.2) is 0 Å². The van der Waals surface area contributed by atoms with E-state index < -0.39 is 0 Å². The predicted octanol–water partition coefficient (Wildman–Crippen LogP) is 2.54. The second-order valence-electron chi connectivity index (χ2n) is 6.69. The zero-order valence-corrected chi connectivity index (χ0v) is 14.6. The van der Waals surface area contributed by atoms with Gasteiger partial charge in [-0.15, -0.1) is 11.3 Å². The minimum absolute atomic E-state index is 0.0387. The number of likely N-dealkylation sites (tertiary alicyclic amines) is 1. The second kappa shape index (κ2) is 6.51. The Balaban J connectivity index is 1.36. The van der Waals surface area contributed by atoms with Gasteiger partial charge in [-0.05, 0) is 38.5 Å². The molecule has 1 aliphatic carbocycles. The molecule has 1 N–H and O–H groups in total. The van der Waals surface area contributed by atoms with Crippen LogP contribution in [0.25, 0.3) is 0 Å². The van der Waals surface area contributed by atoms with E-state index in [4.69, 9.17) is 0 Å². The number of hydrogen-bond acceptors (Lipinski definition) is 5. The molecule has 8 heteroatoms. The molecule has 0 radical (unpaired) electrons. The summed E-state index contributed by atoms with van der Waals surface area (Å²) in [5.74, 6) is 0.548. The van der Waals surface area contributed by atoms with E-state index >= 15 is 0 Å². The van der Waals surface area contributed by atoms with Crippen molar-refractivity contribution < 1.29 is 4.79 Å². The summed E-state index contributed by atoms with van der Waals surface area (Å²) < 4.78 is 1.90. The summed E-state index contributed by atoms with van der Waals surface area (Å²) in [7, 11) is 0. The van der Waals surface area contributed by atoms with Gasteiger partial charge in [-0.3, -0.25) is 0 Å². The predicted molar refractivity (Wildman–Crippen MR) is 90.7 cm³/mol. The molecule has 0 unspecified atom stereocenters. The largest absolute Gasteiger partial charge is 0.328 e. The summed E-state index contributed by atoms with van der Waals surface area (Å²) in [6.07, 6.45) is 7.52. The molecule has 3 heterocycles. The Kier molecular flexibility index (Phi) is 4.22. The van der Waals surface area contributed by atoms with Crippen molar-refractivity contribution in [2.75, 3.05) is 13.1 Å². The van der Waals surface area contributed by atoms with Crippen LogP contribution in [0, 0.1) is 12.8 Å². The van der Waals surface area contributed by atoms with E-state index in [0.717, 1.165) is 36.6 Å². The van der Waals surface area contributed by atoms with Crippen LogP contribution in [0.3, 0.4) is 0 Å². The fourth-order valence-electron chi connectivity index (χ4n) is 3.29. The molecule has 1 atom stereocenters. The Labute approximate surface area is 145 Å². The van der Waals surface area contributed by atoms with Crippen LogP contribution >= 0.6 is 11.3 Å². The number of carbonyl (C=O) groups is 1. The van der Waals surface area contributed by atoms with E-state index in [1.54, 1.807) is 24.0 Å². The number of carbonyl (C=O) groups excluding carboxylic acids is 1. The highest BCUT2D eigenvalue weighted by Crippen LogP contribution is 2.42. The monoisotopic (exact) mass is 346 g/mol. The van der Waals surface area contributed by atoms with Gasteiger partial charge in [-0.1, -0.05) is 0 Å². The molecule has 24 heavy (non-hydrogen) atoms. The Morgan fingerprint density at radius 3 is 2.71 bits per heavy atom. The molecule has 1 saturated heterocycles. The maximum absolute atomic E-state index is 12.7. The molecule has 0 aromatic carbocycles. The summed E-state index contributed by atoms with van der Waals surface area (Å²) in [6, 6.07) is 0.457. The van der Waals surface area contributed by atoms with Gasteiger partial charge in [0.2, 0.25) is 0 Å². The van der Waals surface area contributed by atoms with Crippen LogP contribution in [0.2, 0.25) is 0 Å². The molecule has 0 spiro atoms. The number of aryl methyl sites for hydroxylation is 1. The summed E-state index contributed by atoms with van der Waals surface area (Å²) >= 11 is 1.65. The molecule has 1 aliphatic heterocycles. The minimum Gasteiger partial charge on any atom is -0.328 e. The number of rotatable bonds is 4. The summed E-state index contributed by atoms with van der Waals surface area (Å²) in [4.78, 5) is 23.2. The van der Waals surface area contributed by atoms with Crippen molar-refractivity contribution >= 4 is 17.4 Å². The van der Waals surface area contributed by atoms with E-state index in [1.165, 1.54) is 12.8 Å². The maximum Gasteiger partial charge on any atom is 0.317 e. The Bertz CT molecular complexity index is 687. The van der Waals surface area contributed by atoms with Gasteiger partial charge in [-0.2, -0.15) is 5.10 Å². The lowest BCUT2D eigenvalue weighted by Gasteiger charge is -2.33. The summed E-state index contributed by atoms with van der Waals surface area (Å²) in [5, 5.41) is 10.5. The fraction of sp³-hybridized carbons (Fsp3) is 0.625. The number of amides is 2. The van der Waals surface area contributed by atoms with E-state index in [0.29, 0.717) is 12.0 Å². The highest BCUT2D eigenvalue weighted by atomic mass is 32.1. The third-order valence-electron chi connectivity index (χ3n) is 4.84. The van der Waals surface area contributed by atoms with Gasteiger partial charge < -0.3 is 10.2 Å². The van der Waals surface area contributed by atoms with Crippen molar-refractivity contribution in [1.82, 2.24) is 30.0 Å². The first-order valence-corrected chi connectivity index (χ1v) is 9.40. The smallest absolute Gasteiger partial charge is 0.317 e. The number of urea groups is 1. The van der Waals surface area contributed by atoms with Crippen LogP contribution < -0.4 is 5.32 Å². The standard InChI is InChI=1S/C16H22N6OS/c1-11-8-24-15(19-11)14(12-2-3-12)20-16(23)21-6-4-13(5-7-21)22-10-17-9-18-22/h8-10,12-14H,2-7H2,1H3,(H,20,23)/t14-/m1/s1. The van der Waals surface area contributed by atoms with Crippen LogP contribution in [-0.4, -0.2) is 43.8 Å². The van der Waals surface area contributed by atoms with Crippen LogP contribution in [-0.2, 0) is 0 Å². The van der Waals surface area contributed by atoms with Crippen LogP contribution in [0.5, 0.6) is 0 Å². The average molecular weight is 346 g/mol. The SMILES string of the molecule is Cc1csc([C@H](NC(=O)N2CCC(n3cncn3)CC2)C2CC2)n1. The van der Waals surface area contributed by atoms with E-state index in [2.05, 4.69) is 25.8 Å². The van der Waals surface area contributed by atoms with Crippen LogP contribution in [0.15, 0.2) is 18.0 Å². The molecular formula is C16H22N6OS. The molecule has 1 saturated carbocycles. The van der Waals surface area contributed by atoms with Crippen LogP contribution in [0.4, 0.5) is 4.79 Å². The molecule has 4 rings (SSSR count). The van der Waals surface area contributed by atoms with E-state index in [1.807, 2.05) is 16.5 Å². The van der Waals surface area contributed by atoms with Gasteiger partial charge in [0, 0.05) is 24.2 Å². The Morgan fingerprint density at radius 1 is 1.33 bits per heavy atom. The number of nitrogens with zero attached hydrogens (tertiary/aromatic N) is 5. The lowest BCUT2D eigenvalue weighted by molar-refractivity contribution is 0.164. The van der Waals surface area contributed by atoms with Crippen molar-refractivity contribution in [2.45, 2.75) is 44.7 Å². The van der Waals surface area contributed by atoms with Gasteiger partial charge in [0.25, 0.3) is 0 Å². The molecule has 2 amide bonds. The average Bonchev–Trinajstić information content (AvgIpc) is 3.10. The van der Waals surface area contributed by atoms with Crippen molar-refractivity contribution in [3.05, 3.63) is 28.7 Å². The Hall–Kier alpha value is -1.96. The van der Waals surface area contributed by atoms with Crippen molar-refractivity contribution in [2.24, 2.45) is 5.92 Å². The van der Waals surface area contributed by atoms with Gasteiger partial charge in [0.1, 0.15) is 17.7 Å². The van der Waals surface area contributed by atoms with E-state index in [9.17, 15) is 4.79 Å². The molecule has 2 fully saturated rings. The zero-order valence-electron chi connectivity index (χ0n) is 13.8. The first kappa shape index (κ1) is 15.6. The Morgan fingerprint density at radius 2 is 2.12 bits per heavy atom. The molecule has 2 aliphatic rings. The summed E-state index contributed by atoms with van der Waals surface area (Å²) in [6.45, 7) is 3.51. The quantitative estimate of drug-likeness (QED) is 0.923. The lowest BCUT2D eigenvalue weighted by Crippen LogP contribution is -2.46.